The fraction of sp³-hybridized carbons (Fsp3) is 0.417. The molecule has 10 heteroatoms. The molecule has 2 rings (SSSR count). The van der Waals surface area contributed by atoms with Crippen molar-refractivity contribution in [1.29, 1.82) is 5.26 Å². The number of anilines is 1. The number of rotatable bonds is 10. The predicted molar refractivity (Wildman–Crippen MR) is 127 cm³/mol. The summed E-state index contributed by atoms with van der Waals surface area (Å²) in [4.78, 5) is 13.1. The van der Waals surface area contributed by atoms with Crippen LogP contribution in [0.25, 0.3) is 0 Å². The fourth-order valence-electron chi connectivity index (χ4n) is 3.80. The minimum atomic E-state index is -4.12. The number of hydrogen-bond donors (Lipinski definition) is 2. The number of amides is 1. The van der Waals surface area contributed by atoms with Gasteiger partial charge in [0, 0.05) is 30.7 Å². The van der Waals surface area contributed by atoms with Crippen molar-refractivity contribution in [3.63, 3.8) is 0 Å². The van der Waals surface area contributed by atoms with E-state index in [4.69, 9.17) is 11.0 Å². The molecule has 0 aliphatic heterocycles. The third-order valence-electron chi connectivity index (χ3n) is 5.34. The van der Waals surface area contributed by atoms with Crippen LogP contribution in [0, 0.1) is 11.3 Å². The molecule has 0 fully saturated rings. The van der Waals surface area contributed by atoms with E-state index in [1.54, 1.807) is 51.1 Å². The summed E-state index contributed by atoms with van der Waals surface area (Å²) in [5.74, 6) is 0. The Morgan fingerprint density at radius 1 is 1.18 bits per heavy atom. The molecule has 0 saturated carbocycles. The lowest BCUT2D eigenvalue weighted by Crippen LogP contribution is -2.62. The number of nitrogen functional groups attached to an aromatic ring is 1. The molecule has 0 saturated heterocycles. The lowest BCUT2D eigenvalue weighted by atomic mass is 9.94. The molecule has 0 unspecified atom stereocenters. The Morgan fingerprint density at radius 3 is 2.35 bits per heavy atom. The largest absolute Gasteiger partial charge is 0.530 e. The Hall–Kier alpha value is -3.13. The van der Waals surface area contributed by atoms with Gasteiger partial charge in [-0.15, -0.1) is 0 Å². The fourth-order valence-corrected chi connectivity index (χ4v) is 5.31. The van der Waals surface area contributed by atoms with E-state index in [9.17, 15) is 23.4 Å². The lowest BCUT2D eigenvalue weighted by Gasteiger charge is -2.46. The number of nitriles is 1. The number of sulfonamides is 1. The highest BCUT2D eigenvalue weighted by Gasteiger charge is 2.36. The van der Waals surface area contributed by atoms with Gasteiger partial charge in [0.25, 0.3) is 0 Å². The van der Waals surface area contributed by atoms with Gasteiger partial charge in [0.1, 0.15) is 6.09 Å². The first-order chi connectivity index (χ1) is 15.9. The summed E-state index contributed by atoms with van der Waals surface area (Å²) in [6, 6.07) is 15.6. The van der Waals surface area contributed by atoms with E-state index in [-0.39, 0.29) is 30.0 Å². The first-order valence-electron chi connectivity index (χ1n) is 10.8. The van der Waals surface area contributed by atoms with Crippen LogP contribution in [0.3, 0.4) is 0 Å². The molecule has 9 nitrogen and oxygen atoms in total. The number of carbonyl (C=O) groups excluding carboxylic acids is 1. The van der Waals surface area contributed by atoms with Gasteiger partial charge >= 0.3 is 0 Å². The van der Waals surface area contributed by atoms with Crippen LogP contribution in [0.5, 0.6) is 0 Å². The number of nitrogens with two attached hydrogens (primary N) is 1. The molecule has 34 heavy (non-hydrogen) atoms. The average molecular weight is 488 g/mol. The average Bonchev–Trinajstić information content (AvgIpc) is 2.75. The number of carboxylic acid groups (broad SMARTS) is 1. The summed E-state index contributed by atoms with van der Waals surface area (Å²) in [5, 5.41) is 32.4. The number of benzene rings is 2. The van der Waals surface area contributed by atoms with Crippen LogP contribution < -0.4 is 10.8 Å². The van der Waals surface area contributed by atoms with Crippen LogP contribution in [0.15, 0.2) is 59.5 Å². The summed E-state index contributed by atoms with van der Waals surface area (Å²) < 4.78 is 27.6. The van der Waals surface area contributed by atoms with Gasteiger partial charge in [0.15, 0.2) is 0 Å². The molecule has 0 spiro atoms. The SMILES string of the molecule is CC(C)(C)N(C(=O)[O-])[C@@H](Cc1ccccc1)[C@H](O)CN(CCC#N)S(=O)(=O)c1cccc(N)c1. The van der Waals surface area contributed by atoms with E-state index in [1.807, 2.05) is 12.1 Å². The molecule has 0 aliphatic carbocycles. The second kappa shape index (κ2) is 11.3. The van der Waals surface area contributed by atoms with E-state index >= 15 is 0 Å². The number of carbonyl (C=O) groups is 1. The van der Waals surface area contributed by atoms with Crippen molar-refractivity contribution in [3.8, 4) is 6.07 Å². The van der Waals surface area contributed by atoms with Crippen molar-refractivity contribution >= 4 is 21.8 Å². The van der Waals surface area contributed by atoms with Gasteiger partial charge in [-0.05, 0) is 51.0 Å². The number of nitrogens with zero attached hydrogens (tertiary/aromatic N) is 3. The van der Waals surface area contributed by atoms with Gasteiger partial charge in [-0.25, -0.2) is 8.42 Å². The van der Waals surface area contributed by atoms with Gasteiger partial charge in [-0.1, -0.05) is 36.4 Å². The van der Waals surface area contributed by atoms with Crippen LogP contribution in [-0.4, -0.2) is 59.6 Å². The molecule has 3 N–H and O–H groups in total. The maximum Gasteiger partial charge on any atom is 0.243 e. The second-order valence-electron chi connectivity index (χ2n) is 8.97. The van der Waals surface area contributed by atoms with Gasteiger partial charge in [0.2, 0.25) is 10.0 Å². The van der Waals surface area contributed by atoms with Gasteiger partial charge in [0.05, 0.1) is 23.1 Å². The summed E-state index contributed by atoms with van der Waals surface area (Å²) in [6.07, 6.45) is -2.86. The monoisotopic (exact) mass is 487 g/mol. The smallest absolute Gasteiger partial charge is 0.243 e. The third-order valence-corrected chi connectivity index (χ3v) is 7.20. The zero-order chi connectivity index (χ0) is 25.5. The Balaban J connectivity index is 2.46. The van der Waals surface area contributed by atoms with Crippen molar-refractivity contribution in [3.05, 3.63) is 60.2 Å². The van der Waals surface area contributed by atoms with E-state index in [1.165, 1.54) is 18.2 Å². The maximum absolute atomic E-state index is 13.3. The minimum Gasteiger partial charge on any atom is -0.530 e. The number of aliphatic hydroxyl groups excluding tert-OH is 1. The minimum absolute atomic E-state index is 0.0789. The normalized spacial score (nSPS) is 13.8. The Kier molecular flexibility index (Phi) is 9.04. The topological polar surface area (TPSA) is 151 Å². The zero-order valence-corrected chi connectivity index (χ0v) is 20.4. The van der Waals surface area contributed by atoms with Crippen LogP contribution in [-0.2, 0) is 16.4 Å². The van der Waals surface area contributed by atoms with Crippen molar-refractivity contribution < 1.29 is 23.4 Å². The van der Waals surface area contributed by atoms with Gasteiger partial charge in [-0.2, -0.15) is 9.57 Å². The molecular formula is C24H31N4O5S-. The van der Waals surface area contributed by atoms with E-state index < -0.39 is 40.3 Å². The quantitative estimate of drug-likeness (QED) is 0.483. The Morgan fingerprint density at radius 2 is 1.82 bits per heavy atom. The first-order valence-corrected chi connectivity index (χ1v) is 12.3. The number of aliphatic hydroxyl groups is 1. The summed E-state index contributed by atoms with van der Waals surface area (Å²) >= 11 is 0. The molecule has 0 aliphatic rings. The van der Waals surface area contributed by atoms with Crippen molar-refractivity contribution in [2.24, 2.45) is 0 Å². The highest BCUT2D eigenvalue weighted by atomic mass is 32.2. The van der Waals surface area contributed by atoms with Crippen molar-refractivity contribution in [2.75, 3.05) is 18.8 Å². The standard InChI is InChI=1S/C24H32N4O5S/c1-24(2,3)28(23(30)31)21(15-18-9-5-4-6-10-18)22(29)17-27(14-8-13-25)34(32,33)20-12-7-11-19(26)16-20/h4-7,9-12,16,21-22,29H,8,14-15,17,26H2,1-3H3,(H,30,31)/p-1/t21-,22+/m0/s1. The molecule has 0 aromatic heterocycles. The molecule has 0 bridgehead atoms. The maximum atomic E-state index is 13.3. The van der Waals surface area contributed by atoms with Crippen LogP contribution >= 0.6 is 0 Å². The Labute approximate surface area is 201 Å². The third kappa shape index (κ3) is 6.93. The first kappa shape index (κ1) is 27.1. The van der Waals surface area contributed by atoms with E-state index in [0.717, 1.165) is 14.8 Å². The van der Waals surface area contributed by atoms with Gasteiger partial charge < -0.3 is 25.6 Å². The van der Waals surface area contributed by atoms with Crippen LogP contribution in [0.1, 0.15) is 32.8 Å². The zero-order valence-electron chi connectivity index (χ0n) is 19.6. The second-order valence-corrected chi connectivity index (χ2v) is 10.9. The van der Waals surface area contributed by atoms with Crippen molar-refractivity contribution in [2.45, 2.75) is 56.2 Å². The molecule has 2 aromatic carbocycles. The van der Waals surface area contributed by atoms with Crippen molar-refractivity contribution in [1.82, 2.24) is 9.21 Å². The summed E-state index contributed by atoms with van der Waals surface area (Å²) in [7, 11) is -4.12. The predicted octanol–water partition coefficient (Wildman–Crippen LogP) is 1.59. The molecular weight excluding hydrogens is 456 g/mol. The lowest BCUT2D eigenvalue weighted by molar-refractivity contribution is -0.275. The molecule has 0 radical (unpaired) electrons. The van der Waals surface area contributed by atoms with Crippen LogP contribution in [0.2, 0.25) is 0 Å². The van der Waals surface area contributed by atoms with Gasteiger partial charge in [-0.3, -0.25) is 0 Å². The van der Waals surface area contributed by atoms with E-state index in [0.29, 0.717) is 0 Å². The molecule has 184 valence electrons. The highest BCUT2D eigenvalue weighted by Crippen LogP contribution is 2.25. The molecule has 2 aromatic rings. The summed E-state index contributed by atoms with van der Waals surface area (Å²) in [6.45, 7) is 4.42. The van der Waals surface area contributed by atoms with Crippen LogP contribution in [0.4, 0.5) is 10.5 Å². The molecule has 1 amide bonds. The summed E-state index contributed by atoms with van der Waals surface area (Å²) in [5.41, 5.74) is 5.84. The number of hydrogen-bond acceptors (Lipinski definition) is 7. The molecule has 2 atom stereocenters. The molecule has 0 heterocycles. The van der Waals surface area contributed by atoms with E-state index in [2.05, 4.69) is 0 Å². The highest BCUT2D eigenvalue weighted by molar-refractivity contribution is 7.89. The Bertz CT molecular complexity index is 1110.